The number of benzene rings is 1. The minimum absolute atomic E-state index is 0.110. The van der Waals surface area contributed by atoms with Crippen molar-refractivity contribution in [3.05, 3.63) is 59.3 Å². The van der Waals surface area contributed by atoms with E-state index in [2.05, 4.69) is 10.3 Å². The largest absolute Gasteiger partial charge is 0.507 e. The molecule has 6 nitrogen and oxygen atoms in total. The van der Waals surface area contributed by atoms with E-state index in [9.17, 15) is 9.90 Å². The van der Waals surface area contributed by atoms with Crippen LogP contribution in [0.3, 0.4) is 0 Å². The van der Waals surface area contributed by atoms with Crippen LogP contribution < -0.4 is 10.1 Å². The van der Waals surface area contributed by atoms with Gasteiger partial charge in [0, 0.05) is 31.4 Å². The number of ether oxygens (including phenoxy) is 1. The van der Waals surface area contributed by atoms with E-state index in [1.54, 1.807) is 36.4 Å². The lowest BCUT2D eigenvalue weighted by Crippen LogP contribution is -2.26. The summed E-state index contributed by atoms with van der Waals surface area (Å²) in [5.74, 6) is 1.56. The molecule has 1 aromatic carbocycles. The number of para-hydroxylation sites is 1. The summed E-state index contributed by atoms with van der Waals surface area (Å²) in [6.45, 7) is 5.73. The molecule has 0 saturated carbocycles. The van der Waals surface area contributed by atoms with E-state index in [-0.39, 0.29) is 11.7 Å². The Balaban J connectivity index is 1.66. The van der Waals surface area contributed by atoms with Crippen LogP contribution in [0.4, 0.5) is 5.82 Å². The second-order valence-corrected chi connectivity index (χ2v) is 6.84. The summed E-state index contributed by atoms with van der Waals surface area (Å²) in [6.07, 6.45) is 4.97. The Morgan fingerprint density at radius 3 is 2.93 bits per heavy atom. The zero-order valence-corrected chi connectivity index (χ0v) is 16.4. The number of phenolic OH excluding ortho intramolecular Hbond substituents is 1. The lowest BCUT2D eigenvalue weighted by Gasteiger charge is -2.18. The highest BCUT2D eigenvalue weighted by atomic mass is 16.5. The average molecular weight is 379 g/mol. The lowest BCUT2D eigenvalue weighted by atomic mass is 10.0. The van der Waals surface area contributed by atoms with E-state index in [0.717, 1.165) is 34.6 Å². The molecule has 0 saturated heterocycles. The number of phenols is 1. The van der Waals surface area contributed by atoms with Crippen LogP contribution in [-0.2, 0) is 4.79 Å². The average Bonchev–Trinajstić information content (AvgIpc) is 2.71. The third-order valence-corrected chi connectivity index (χ3v) is 4.74. The molecule has 0 atom stereocenters. The number of aromatic hydroxyl groups is 1. The maximum atomic E-state index is 12.5. The minimum atomic E-state index is -0.110. The topological polar surface area (TPSA) is 74.7 Å². The fourth-order valence-corrected chi connectivity index (χ4v) is 2.99. The van der Waals surface area contributed by atoms with Gasteiger partial charge < -0.3 is 20.1 Å². The van der Waals surface area contributed by atoms with Gasteiger partial charge in [-0.05, 0) is 43.2 Å². The number of likely N-dealkylation sites (N-methyl/N-ethyl adjacent to an activating group) is 1. The monoisotopic (exact) mass is 379 g/mol. The summed E-state index contributed by atoms with van der Waals surface area (Å²) < 4.78 is 5.57. The first kappa shape index (κ1) is 19.5. The van der Waals surface area contributed by atoms with Gasteiger partial charge in [-0.15, -0.1) is 0 Å². The van der Waals surface area contributed by atoms with Crippen molar-refractivity contribution < 1.29 is 14.6 Å². The molecular weight excluding hydrogens is 354 g/mol. The lowest BCUT2D eigenvalue weighted by molar-refractivity contribution is -0.124. The third kappa shape index (κ3) is 4.52. The number of allylic oxidation sites excluding steroid dienone is 1. The number of nitrogens with one attached hydrogen (secondary N) is 1. The molecule has 146 valence electrons. The first-order valence-corrected chi connectivity index (χ1v) is 9.20. The second-order valence-electron chi connectivity index (χ2n) is 6.84. The van der Waals surface area contributed by atoms with Crippen LogP contribution in [0.25, 0.3) is 11.6 Å². The summed E-state index contributed by atoms with van der Waals surface area (Å²) in [7, 11) is 1.76. The molecule has 0 unspecified atom stereocenters. The van der Waals surface area contributed by atoms with Crippen molar-refractivity contribution in [1.29, 1.82) is 0 Å². The number of rotatable bonds is 5. The van der Waals surface area contributed by atoms with Gasteiger partial charge in [0.15, 0.2) is 11.6 Å². The molecule has 0 fully saturated rings. The van der Waals surface area contributed by atoms with Gasteiger partial charge in [-0.1, -0.05) is 23.8 Å². The maximum Gasteiger partial charge on any atom is 0.246 e. The molecule has 0 radical (unpaired) electrons. The number of hydrogen-bond acceptors (Lipinski definition) is 5. The first-order chi connectivity index (χ1) is 13.5. The molecule has 3 rings (SSSR count). The van der Waals surface area contributed by atoms with Crippen LogP contribution in [0.15, 0.2) is 48.2 Å². The highest BCUT2D eigenvalue weighted by Crippen LogP contribution is 2.27. The van der Waals surface area contributed by atoms with Crippen LogP contribution in [0, 0.1) is 0 Å². The fourth-order valence-electron chi connectivity index (χ4n) is 2.99. The quantitative estimate of drug-likeness (QED) is 0.777. The number of anilines is 1. The number of carbonyl (C=O) groups excluding carboxylic acids is 1. The summed E-state index contributed by atoms with van der Waals surface area (Å²) >= 11 is 0. The molecule has 6 heteroatoms. The summed E-state index contributed by atoms with van der Waals surface area (Å²) in [6, 6.07) is 9.07. The Morgan fingerprint density at radius 2 is 2.14 bits per heavy atom. The SMILES string of the molecule is C/C(CN(C)C(=O)/C=C/c1cnc2c(c1)OCCN2)=C(/C)c1ccccc1O. The zero-order chi connectivity index (χ0) is 20.1. The number of amides is 1. The number of aromatic nitrogens is 1. The normalized spacial score (nSPS) is 14.0. The predicted octanol–water partition coefficient (Wildman–Crippen LogP) is 3.56. The van der Waals surface area contributed by atoms with Crippen molar-refractivity contribution in [2.75, 3.05) is 32.1 Å². The van der Waals surface area contributed by atoms with E-state index in [4.69, 9.17) is 4.74 Å². The van der Waals surface area contributed by atoms with Crippen molar-refractivity contribution in [2.24, 2.45) is 0 Å². The van der Waals surface area contributed by atoms with Crippen LogP contribution in [-0.4, -0.2) is 47.6 Å². The minimum Gasteiger partial charge on any atom is -0.507 e. The standard InChI is InChI=1S/C22H25N3O3/c1-15(16(2)18-6-4-5-7-19(18)26)14-25(3)21(27)9-8-17-12-20-22(24-13-17)23-10-11-28-20/h4-9,12-13,26H,10-11,14H2,1-3H3,(H,23,24)/b9-8+,16-15+. The third-order valence-electron chi connectivity index (χ3n) is 4.74. The zero-order valence-electron chi connectivity index (χ0n) is 16.4. The molecule has 2 N–H and O–H groups in total. The van der Waals surface area contributed by atoms with E-state index >= 15 is 0 Å². The van der Waals surface area contributed by atoms with Gasteiger partial charge in [0.1, 0.15) is 12.4 Å². The summed E-state index contributed by atoms with van der Waals surface area (Å²) in [4.78, 5) is 18.4. The van der Waals surface area contributed by atoms with Crippen LogP contribution >= 0.6 is 0 Å². The number of fused-ring (bicyclic) bond motifs is 1. The smallest absolute Gasteiger partial charge is 0.246 e. The fraction of sp³-hybridized carbons (Fsp3) is 0.273. The molecule has 1 aliphatic rings. The van der Waals surface area contributed by atoms with E-state index in [0.29, 0.717) is 18.9 Å². The number of nitrogens with zero attached hydrogens (tertiary/aromatic N) is 2. The molecular formula is C22H25N3O3. The van der Waals surface area contributed by atoms with E-state index < -0.39 is 0 Å². The Labute approximate surface area is 165 Å². The van der Waals surface area contributed by atoms with E-state index in [1.165, 1.54) is 6.08 Å². The Bertz CT molecular complexity index is 934. The van der Waals surface area contributed by atoms with Gasteiger partial charge in [0.25, 0.3) is 0 Å². The van der Waals surface area contributed by atoms with Gasteiger partial charge in [0.05, 0.1) is 6.54 Å². The Hall–Kier alpha value is -3.28. The van der Waals surface area contributed by atoms with Crippen molar-refractivity contribution in [2.45, 2.75) is 13.8 Å². The van der Waals surface area contributed by atoms with Crippen molar-refractivity contribution >= 4 is 23.4 Å². The van der Waals surface area contributed by atoms with Crippen molar-refractivity contribution in [1.82, 2.24) is 9.88 Å². The molecule has 28 heavy (non-hydrogen) atoms. The van der Waals surface area contributed by atoms with Crippen LogP contribution in [0.5, 0.6) is 11.5 Å². The predicted molar refractivity (Wildman–Crippen MR) is 111 cm³/mol. The molecule has 2 heterocycles. The number of pyridine rings is 1. The Kier molecular flexibility index (Phi) is 5.99. The van der Waals surface area contributed by atoms with Gasteiger partial charge >= 0.3 is 0 Å². The molecule has 1 amide bonds. The van der Waals surface area contributed by atoms with Crippen molar-refractivity contribution in [3.63, 3.8) is 0 Å². The molecule has 0 aliphatic carbocycles. The Morgan fingerprint density at radius 1 is 1.36 bits per heavy atom. The highest BCUT2D eigenvalue weighted by Gasteiger charge is 2.12. The number of carbonyl (C=O) groups is 1. The molecule has 0 spiro atoms. The molecule has 1 aromatic heterocycles. The van der Waals surface area contributed by atoms with Gasteiger partial charge in [-0.25, -0.2) is 4.98 Å². The van der Waals surface area contributed by atoms with E-state index in [1.807, 2.05) is 32.0 Å². The summed E-state index contributed by atoms with van der Waals surface area (Å²) in [5, 5.41) is 13.2. The van der Waals surface area contributed by atoms with Gasteiger partial charge in [-0.2, -0.15) is 0 Å². The number of hydrogen-bond donors (Lipinski definition) is 2. The highest BCUT2D eigenvalue weighted by molar-refractivity contribution is 5.92. The summed E-state index contributed by atoms with van der Waals surface area (Å²) in [5.41, 5.74) is 3.57. The van der Waals surface area contributed by atoms with Gasteiger partial charge in [-0.3, -0.25) is 4.79 Å². The van der Waals surface area contributed by atoms with Gasteiger partial charge in [0.2, 0.25) is 5.91 Å². The van der Waals surface area contributed by atoms with Crippen LogP contribution in [0.1, 0.15) is 25.0 Å². The van der Waals surface area contributed by atoms with Crippen molar-refractivity contribution in [3.8, 4) is 11.5 Å². The molecule has 2 aromatic rings. The first-order valence-electron chi connectivity index (χ1n) is 9.20. The molecule has 1 aliphatic heterocycles. The maximum absolute atomic E-state index is 12.5. The van der Waals surface area contributed by atoms with Crippen LogP contribution in [0.2, 0.25) is 0 Å². The molecule has 0 bridgehead atoms. The second kappa shape index (κ2) is 8.61.